The van der Waals surface area contributed by atoms with Gasteiger partial charge in [-0.2, -0.15) is 14.5 Å². The van der Waals surface area contributed by atoms with Crippen LogP contribution in [0.15, 0.2) is 30.5 Å². The summed E-state index contributed by atoms with van der Waals surface area (Å²) in [5, 5.41) is 13.6. The molecule has 2 aliphatic rings. The molecule has 5 rings (SSSR count). The van der Waals surface area contributed by atoms with E-state index >= 15 is 0 Å². The van der Waals surface area contributed by atoms with Crippen molar-refractivity contribution < 1.29 is 9.18 Å². The van der Waals surface area contributed by atoms with Crippen molar-refractivity contribution in [2.75, 3.05) is 22.1 Å². The van der Waals surface area contributed by atoms with E-state index in [1.807, 2.05) is 23.1 Å². The van der Waals surface area contributed by atoms with Crippen LogP contribution in [-0.2, 0) is 11.2 Å². The Morgan fingerprint density at radius 2 is 2.18 bits per heavy atom. The van der Waals surface area contributed by atoms with Crippen molar-refractivity contribution in [3.63, 3.8) is 0 Å². The molecule has 3 aromatic heterocycles. The summed E-state index contributed by atoms with van der Waals surface area (Å²) in [5.74, 6) is 1.43. The number of aromatic nitrogens is 5. The van der Waals surface area contributed by atoms with E-state index in [9.17, 15) is 9.18 Å². The second kappa shape index (κ2) is 8.61. The number of fused-ring (bicyclic) bond motifs is 1. The topological polar surface area (TPSA) is 112 Å². The third-order valence-electron chi connectivity index (χ3n) is 5.90. The maximum absolute atomic E-state index is 13.1. The summed E-state index contributed by atoms with van der Waals surface area (Å²) in [5.41, 5.74) is 3.34. The number of anilines is 4. The van der Waals surface area contributed by atoms with E-state index in [4.69, 9.17) is 9.97 Å². The highest BCUT2D eigenvalue weighted by Crippen LogP contribution is 2.32. The Labute approximate surface area is 190 Å². The molecule has 0 bridgehead atoms. The maximum atomic E-state index is 13.1. The molecule has 9 nitrogen and oxygen atoms in total. The minimum atomic E-state index is -0.590. The molecule has 4 heterocycles. The fraction of sp³-hybridized carbons (Fsp3) is 0.348. The van der Waals surface area contributed by atoms with Gasteiger partial charge in [-0.1, -0.05) is 19.9 Å². The highest BCUT2D eigenvalue weighted by Gasteiger charge is 2.33. The van der Waals surface area contributed by atoms with Gasteiger partial charge >= 0.3 is 0 Å². The summed E-state index contributed by atoms with van der Waals surface area (Å²) in [4.78, 5) is 28.0. The van der Waals surface area contributed by atoms with Crippen LogP contribution in [0.1, 0.15) is 49.6 Å². The average Bonchev–Trinajstić information content (AvgIpc) is 3.55. The quantitative estimate of drug-likeness (QED) is 0.492. The molecule has 1 atom stereocenters. The predicted octanol–water partition coefficient (Wildman–Crippen LogP) is 3.78. The maximum Gasteiger partial charge on any atom is 0.247 e. The standard InChI is InChI=1S/C23H25FN8O/c1-13(2)17-11-20(31-30-17)28-21-15-5-3-6-16(15)27-23(29-21)32-10-4-7-18(32)22(33)26-14-8-9-19(24)25-12-14/h3,6,8-9,11-13,18H,4-5,7,10H2,1-2H3,(H,26,33)(H2,27,28,29,30,31)/t18-/m1/s1. The van der Waals surface area contributed by atoms with Crippen LogP contribution < -0.4 is 15.5 Å². The Morgan fingerprint density at radius 3 is 2.94 bits per heavy atom. The minimum Gasteiger partial charge on any atom is -0.329 e. The minimum absolute atomic E-state index is 0.191. The monoisotopic (exact) mass is 448 g/mol. The van der Waals surface area contributed by atoms with Gasteiger partial charge in [-0.3, -0.25) is 9.89 Å². The second-order valence-corrected chi connectivity index (χ2v) is 8.54. The van der Waals surface area contributed by atoms with Gasteiger partial charge in [-0.15, -0.1) is 0 Å². The molecule has 33 heavy (non-hydrogen) atoms. The summed E-state index contributed by atoms with van der Waals surface area (Å²) >= 11 is 0. The number of hydrogen-bond acceptors (Lipinski definition) is 7. The normalized spacial score (nSPS) is 17.0. The van der Waals surface area contributed by atoms with Crippen LogP contribution in [0.3, 0.4) is 0 Å². The first-order chi connectivity index (χ1) is 16.0. The SMILES string of the molecule is CC(C)c1cc(Nc2nc(N3CCC[C@@H]3C(=O)Nc3ccc(F)nc3)nc3c2CC=C3)n[nH]1. The number of rotatable bonds is 6. The number of nitrogens with one attached hydrogen (secondary N) is 3. The first kappa shape index (κ1) is 21.0. The number of hydrogen-bond donors (Lipinski definition) is 3. The zero-order valence-electron chi connectivity index (χ0n) is 18.5. The largest absolute Gasteiger partial charge is 0.329 e. The van der Waals surface area contributed by atoms with Gasteiger partial charge in [-0.05, 0) is 43.4 Å². The number of allylic oxidation sites excluding steroid dienone is 1. The van der Waals surface area contributed by atoms with E-state index < -0.39 is 12.0 Å². The summed E-state index contributed by atoms with van der Waals surface area (Å²) < 4.78 is 13.1. The molecule has 0 unspecified atom stereocenters. The van der Waals surface area contributed by atoms with Crippen LogP contribution in [0, 0.1) is 5.95 Å². The summed E-state index contributed by atoms with van der Waals surface area (Å²) in [7, 11) is 0. The summed E-state index contributed by atoms with van der Waals surface area (Å²) in [6, 6.07) is 4.26. The second-order valence-electron chi connectivity index (χ2n) is 8.54. The van der Waals surface area contributed by atoms with Crippen LogP contribution in [0.4, 0.5) is 27.7 Å². The molecule has 0 spiro atoms. The number of aromatic amines is 1. The molecule has 1 amide bonds. The van der Waals surface area contributed by atoms with Gasteiger partial charge in [0.25, 0.3) is 0 Å². The highest BCUT2D eigenvalue weighted by atomic mass is 19.1. The fourth-order valence-electron chi connectivity index (χ4n) is 4.12. The van der Waals surface area contributed by atoms with Gasteiger partial charge < -0.3 is 15.5 Å². The lowest BCUT2D eigenvalue weighted by Gasteiger charge is -2.25. The Balaban J connectivity index is 1.40. The predicted molar refractivity (Wildman–Crippen MR) is 124 cm³/mol. The molecule has 10 heteroatoms. The van der Waals surface area contributed by atoms with Crippen molar-refractivity contribution in [2.24, 2.45) is 0 Å². The molecule has 0 radical (unpaired) electrons. The lowest BCUT2D eigenvalue weighted by atomic mass is 10.1. The van der Waals surface area contributed by atoms with Gasteiger partial charge in [-0.25, -0.2) is 9.97 Å². The molecule has 1 saturated heterocycles. The zero-order valence-corrected chi connectivity index (χ0v) is 18.5. The molecule has 1 fully saturated rings. The highest BCUT2D eigenvalue weighted by molar-refractivity contribution is 5.97. The lowest BCUT2D eigenvalue weighted by Crippen LogP contribution is -2.40. The Kier molecular flexibility index (Phi) is 5.49. The molecule has 1 aliphatic heterocycles. The Bertz CT molecular complexity index is 1200. The fourth-order valence-corrected chi connectivity index (χ4v) is 4.12. The molecular formula is C23H25FN8O. The van der Waals surface area contributed by atoms with Gasteiger partial charge in [0.2, 0.25) is 17.8 Å². The number of halogens is 1. The van der Waals surface area contributed by atoms with E-state index in [-0.39, 0.29) is 5.91 Å². The Morgan fingerprint density at radius 1 is 1.30 bits per heavy atom. The molecule has 1 aliphatic carbocycles. The first-order valence-electron chi connectivity index (χ1n) is 11.1. The molecule has 170 valence electrons. The summed E-state index contributed by atoms with van der Waals surface area (Å²) in [6.07, 6.45) is 7.59. The van der Waals surface area contributed by atoms with Crippen LogP contribution in [0.5, 0.6) is 0 Å². The molecule has 3 aromatic rings. The number of carbonyl (C=O) groups excluding carboxylic acids is 1. The zero-order chi connectivity index (χ0) is 22.9. The van der Waals surface area contributed by atoms with Gasteiger partial charge in [0, 0.05) is 23.9 Å². The number of pyridine rings is 1. The van der Waals surface area contributed by atoms with Crippen molar-refractivity contribution >= 4 is 35.3 Å². The number of amides is 1. The van der Waals surface area contributed by atoms with Crippen molar-refractivity contribution in [1.82, 2.24) is 25.1 Å². The lowest BCUT2D eigenvalue weighted by molar-refractivity contribution is -0.117. The van der Waals surface area contributed by atoms with E-state index in [0.29, 0.717) is 42.2 Å². The van der Waals surface area contributed by atoms with Crippen molar-refractivity contribution in [1.29, 1.82) is 0 Å². The third kappa shape index (κ3) is 4.28. The van der Waals surface area contributed by atoms with E-state index in [2.05, 4.69) is 39.7 Å². The van der Waals surface area contributed by atoms with Crippen LogP contribution in [0.25, 0.3) is 6.08 Å². The van der Waals surface area contributed by atoms with Crippen molar-refractivity contribution in [2.45, 2.75) is 45.1 Å². The molecule has 0 saturated carbocycles. The molecule has 0 aromatic carbocycles. The third-order valence-corrected chi connectivity index (χ3v) is 5.90. The first-order valence-corrected chi connectivity index (χ1v) is 11.1. The molecule has 3 N–H and O–H groups in total. The number of nitrogens with zero attached hydrogens (tertiary/aromatic N) is 5. The smallest absolute Gasteiger partial charge is 0.247 e. The number of H-pyrrole nitrogens is 1. The van der Waals surface area contributed by atoms with Gasteiger partial charge in [0.05, 0.1) is 17.6 Å². The van der Waals surface area contributed by atoms with Crippen LogP contribution in [-0.4, -0.2) is 43.6 Å². The average molecular weight is 449 g/mol. The van der Waals surface area contributed by atoms with Crippen LogP contribution in [0.2, 0.25) is 0 Å². The van der Waals surface area contributed by atoms with E-state index in [0.717, 1.165) is 29.8 Å². The van der Waals surface area contributed by atoms with Crippen molar-refractivity contribution in [3.05, 3.63) is 53.4 Å². The van der Waals surface area contributed by atoms with E-state index in [1.54, 1.807) is 0 Å². The molecular weight excluding hydrogens is 423 g/mol. The van der Waals surface area contributed by atoms with Crippen molar-refractivity contribution in [3.8, 4) is 0 Å². The van der Waals surface area contributed by atoms with Gasteiger partial charge in [0.1, 0.15) is 11.9 Å². The summed E-state index contributed by atoms with van der Waals surface area (Å²) in [6.45, 7) is 4.87. The Hall–Kier alpha value is -3.82. The number of carbonyl (C=O) groups is 1. The van der Waals surface area contributed by atoms with E-state index in [1.165, 1.54) is 18.3 Å². The van der Waals surface area contributed by atoms with Crippen LogP contribution >= 0.6 is 0 Å². The van der Waals surface area contributed by atoms with Gasteiger partial charge in [0.15, 0.2) is 5.82 Å².